The number of fused-ring (bicyclic) bond motifs is 2. The van der Waals surface area contributed by atoms with Gasteiger partial charge in [0, 0.05) is 44.8 Å². The first kappa shape index (κ1) is 18.4. The van der Waals surface area contributed by atoms with Crippen molar-refractivity contribution in [1.82, 2.24) is 9.97 Å². The lowest BCUT2D eigenvalue weighted by Crippen LogP contribution is -1.86. The fourth-order valence-corrected chi connectivity index (χ4v) is 4.30. The maximum absolute atomic E-state index is 4.97. The molecule has 0 spiro atoms. The third-order valence-corrected chi connectivity index (χ3v) is 5.87. The number of hydrogen-bond donors (Lipinski definition) is 2. The van der Waals surface area contributed by atoms with Gasteiger partial charge in [0.1, 0.15) is 0 Å². The van der Waals surface area contributed by atoms with Gasteiger partial charge in [-0.25, -0.2) is 0 Å². The van der Waals surface area contributed by atoms with E-state index >= 15 is 0 Å². The molecule has 0 aliphatic carbocycles. The molecule has 2 N–H and O–H groups in total. The minimum Gasteiger partial charge on any atom is -0.354 e. The molecular weight excluding hydrogens is 390 g/mol. The molecule has 0 aliphatic rings. The monoisotopic (exact) mass is 411 g/mol. The van der Waals surface area contributed by atoms with Crippen molar-refractivity contribution in [3.8, 4) is 22.5 Å². The Labute approximate surface area is 186 Å². The van der Waals surface area contributed by atoms with Gasteiger partial charge in [-0.2, -0.15) is 0 Å². The van der Waals surface area contributed by atoms with Gasteiger partial charge in [0.25, 0.3) is 0 Å². The molecule has 2 heterocycles. The van der Waals surface area contributed by atoms with E-state index in [4.69, 9.17) is 4.99 Å². The zero-order valence-corrected chi connectivity index (χ0v) is 17.4. The van der Waals surface area contributed by atoms with Gasteiger partial charge in [-0.15, -0.1) is 0 Å². The van der Waals surface area contributed by atoms with E-state index in [1.54, 1.807) is 0 Å². The van der Waals surface area contributed by atoms with Crippen LogP contribution in [0.5, 0.6) is 0 Å². The summed E-state index contributed by atoms with van der Waals surface area (Å²) in [5.74, 6) is 0. The Bertz CT molecular complexity index is 1540. The maximum Gasteiger partial charge on any atom is 0.0723 e. The first-order chi connectivity index (χ1) is 15.9. The summed E-state index contributed by atoms with van der Waals surface area (Å²) in [6.45, 7) is 0. The molecule has 152 valence electrons. The minimum atomic E-state index is 0.934. The summed E-state index contributed by atoms with van der Waals surface area (Å²) < 4.78 is 0. The van der Waals surface area contributed by atoms with Crippen molar-refractivity contribution in [2.75, 3.05) is 0 Å². The number of aromatic nitrogens is 2. The predicted molar refractivity (Wildman–Crippen MR) is 135 cm³/mol. The number of aromatic amines is 2. The van der Waals surface area contributed by atoms with Crippen LogP contribution in [0.1, 0.15) is 5.56 Å². The molecule has 0 radical (unpaired) electrons. The number of benzene rings is 4. The van der Waals surface area contributed by atoms with Crippen LogP contribution >= 0.6 is 0 Å². The lowest BCUT2D eigenvalue weighted by molar-refractivity contribution is 1.42. The number of aliphatic imine (C=N–C) groups is 1. The quantitative estimate of drug-likeness (QED) is 0.279. The fourth-order valence-electron chi connectivity index (χ4n) is 4.30. The number of para-hydroxylation sites is 3. The Balaban J connectivity index is 1.48. The Kier molecular flexibility index (Phi) is 4.43. The van der Waals surface area contributed by atoms with E-state index in [9.17, 15) is 0 Å². The van der Waals surface area contributed by atoms with E-state index in [1.807, 2.05) is 18.3 Å². The summed E-state index contributed by atoms with van der Waals surface area (Å²) in [5, 5.41) is 2.36. The molecule has 0 atom stereocenters. The summed E-state index contributed by atoms with van der Waals surface area (Å²) in [5.41, 5.74) is 8.65. The Morgan fingerprint density at radius 3 is 2.22 bits per heavy atom. The van der Waals surface area contributed by atoms with Crippen molar-refractivity contribution in [2.45, 2.75) is 0 Å². The second kappa shape index (κ2) is 7.71. The van der Waals surface area contributed by atoms with Crippen molar-refractivity contribution < 1.29 is 0 Å². The highest BCUT2D eigenvalue weighted by atomic mass is 14.8. The number of H-pyrrole nitrogens is 2. The van der Waals surface area contributed by atoms with Crippen molar-refractivity contribution in [1.29, 1.82) is 0 Å². The van der Waals surface area contributed by atoms with Gasteiger partial charge >= 0.3 is 0 Å². The third kappa shape index (κ3) is 3.21. The molecule has 0 saturated heterocycles. The highest BCUT2D eigenvalue weighted by Gasteiger charge is 2.12. The van der Waals surface area contributed by atoms with Crippen molar-refractivity contribution >= 4 is 33.7 Å². The zero-order valence-electron chi connectivity index (χ0n) is 17.4. The van der Waals surface area contributed by atoms with Gasteiger partial charge in [-0.3, -0.25) is 4.99 Å². The molecule has 6 rings (SSSR count). The Hall–Kier alpha value is -4.37. The van der Waals surface area contributed by atoms with Crippen LogP contribution in [0.25, 0.3) is 44.3 Å². The van der Waals surface area contributed by atoms with Gasteiger partial charge < -0.3 is 9.97 Å². The lowest BCUT2D eigenvalue weighted by atomic mass is 10.1. The second-order valence-electron chi connectivity index (χ2n) is 7.87. The second-order valence-corrected chi connectivity index (χ2v) is 7.87. The maximum atomic E-state index is 4.97. The summed E-state index contributed by atoms with van der Waals surface area (Å²) >= 11 is 0. The van der Waals surface area contributed by atoms with Gasteiger partial charge in [-0.05, 0) is 29.8 Å². The van der Waals surface area contributed by atoms with Gasteiger partial charge in [0.05, 0.1) is 11.4 Å². The molecule has 0 saturated carbocycles. The van der Waals surface area contributed by atoms with Crippen LogP contribution in [0.2, 0.25) is 0 Å². The predicted octanol–water partition coefficient (Wildman–Crippen LogP) is 7.73. The number of rotatable bonds is 4. The largest absolute Gasteiger partial charge is 0.354 e. The number of hydrogen-bond acceptors (Lipinski definition) is 1. The SMILES string of the molecule is C(=Nc1ccccc1-c1cc2ccccc2[nH]1)c1c(-c2ccccc2)[nH]c2ccccc12. The van der Waals surface area contributed by atoms with Gasteiger partial charge in [0.2, 0.25) is 0 Å². The van der Waals surface area contributed by atoms with Crippen molar-refractivity contribution in [3.05, 3.63) is 115 Å². The van der Waals surface area contributed by atoms with E-state index in [2.05, 4.69) is 107 Å². The molecule has 6 aromatic rings. The van der Waals surface area contributed by atoms with Crippen LogP contribution in [0, 0.1) is 0 Å². The normalized spacial score (nSPS) is 11.6. The summed E-state index contributed by atoms with van der Waals surface area (Å²) in [7, 11) is 0. The van der Waals surface area contributed by atoms with Gasteiger partial charge in [-0.1, -0.05) is 84.9 Å². The average molecular weight is 412 g/mol. The van der Waals surface area contributed by atoms with Crippen LogP contribution in [-0.4, -0.2) is 16.2 Å². The summed E-state index contributed by atoms with van der Waals surface area (Å²) in [4.78, 5) is 12.1. The summed E-state index contributed by atoms with van der Waals surface area (Å²) in [6.07, 6.45) is 1.99. The lowest BCUT2D eigenvalue weighted by Gasteiger charge is -2.04. The summed E-state index contributed by atoms with van der Waals surface area (Å²) in [6, 6.07) is 37.6. The number of nitrogens with one attached hydrogen (secondary N) is 2. The standard InChI is InChI=1S/C29H21N3/c1-2-10-20(11-3-1)29-24(22-13-5-9-17-27(22)32-29)19-30-26-16-8-6-14-23(26)28-18-21-12-4-7-15-25(21)31-28/h1-19,31-32H. The van der Waals surface area contributed by atoms with E-state index in [0.29, 0.717) is 0 Å². The molecule has 0 aliphatic heterocycles. The van der Waals surface area contributed by atoms with Crippen molar-refractivity contribution in [2.24, 2.45) is 4.99 Å². The first-order valence-corrected chi connectivity index (χ1v) is 10.7. The molecule has 32 heavy (non-hydrogen) atoms. The Morgan fingerprint density at radius 1 is 0.625 bits per heavy atom. The van der Waals surface area contributed by atoms with E-state index < -0.39 is 0 Å². The molecule has 4 aromatic carbocycles. The topological polar surface area (TPSA) is 43.9 Å². The smallest absolute Gasteiger partial charge is 0.0723 e. The third-order valence-electron chi connectivity index (χ3n) is 5.87. The van der Waals surface area contributed by atoms with Crippen molar-refractivity contribution in [3.63, 3.8) is 0 Å². The molecule has 0 amide bonds. The molecule has 0 unspecified atom stereocenters. The average Bonchev–Trinajstić information content (AvgIpc) is 3.45. The van der Waals surface area contributed by atoms with E-state index in [-0.39, 0.29) is 0 Å². The minimum absolute atomic E-state index is 0.934. The highest BCUT2D eigenvalue weighted by molar-refractivity contribution is 6.06. The highest BCUT2D eigenvalue weighted by Crippen LogP contribution is 2.33. The van der Waals surface area contributed by atoms with E-state index in [0.717, 1.165) is 50.2 Å². The fraction of sp³-hybridized carbons (Fsp3) is 0. The van der Waals surface area contributed by atoms with Crippen LogP contribution < -0.4 is 0 Å². The number of nitrogens with zero attached hydrogens (tertiary/aromatic N) is 1. The van der Waals surface area contributed by atoms with Crippen LogP contribution in [0.3, 0.4) is 0 Å². The van der Waals surface area contributed by atoms with Crippen LogP contribution in [0.15, 0.2) is 114 Å². The molecular formula is C29H21N3. The van der Waals surface area contributed by atoms with E-state index in [1.165, 1.54) is 5.39 Å². The van der Waals surface area contributed by atoms with Crippen LogP contribution in [-0.2, 0) is 0 Å². The first-order valence-electron chi connectivity index (χ1n) is 10.7. The molecule has 0 fully saturated rings. The molecule has 3 heteroatoms. The zero-order chi connectivity index (χ0) is 21.3. The molecule has 2 aromatic heterocycles. The molecule has 3 nitrogen and oxygen atoms in total. The van der Waals surface area contributed by atoms with Gasteiger partial charge in [0.15, 0.2) is 0 Å². The Morgan fingerprint density at radius 2 is 1.34 bits per heavy atom. The van der Waals surface area contributed by atoms with Crippen LogP contribution in [0.4, 0.5) is 5.69 Å². The molecule has 0 bridgehead atoms.